The minimum absolute atomic E-state index is 0.217. The second kappa shape index (κ2) is 9.10. The predicted octanol–water partition coefficient (Wildman–Crippen LogP) is 6.29. The fourth-order valence-corrected chi connectivity index (χ4v) is 4.48. The van der Waals surface area contributed by atoms with Crippen LogP contribution in [-0.2, 0) is 6.54 Å². The van der Waals surface area contributed by atoms with Gasteiger partial charge in [-0.3, -0.25) is 4.79 Å². The highest BCUT2D eigenvalue weighted by molar-refractivity contribution is 5.92. The van der Waals surface area contributed by atoms with Gasteiger partial charge in [-0.05, 0) is 68.3 Å². The van der Waals surface area contributed by atoms with Crippen molar-refractivity contribution in [2.75, 3.05) is 0 Å². The predicted molar refractivity (Wildman–Crippen MR) is 122 cm³/mol. The van der Waals surface area contributed by atoms with Crippen LogP contribution >= 0.6 is 0 Å². The zero-order chi connectivity index (χ0) is 22.8. The summed E-state index contributed by atoms with van der Waals surface area (Å²) < 4.78 is 27.2. The molecule has 1 fully saturated rings. The van der Waals surface area contributed by atoms with Gasteiger partial charge in [0, 0.05) is 11.6 Å². The number of amides is 1. The summed E-state index contributed by atoms with van der Waals surface area (Å²) in [6.07, 6.45) is 7.57. The maximum Gasteiger partial charge on any atom is 0.287 e. The van der Waals surface area contributed by atoms with E-state index in [9.17, 15) is 9.18 Å². The maximum atomic E-state index is 13.5. The van der Waals surface area contributed by atoms with Crippen molar-refractivity contribution in [2.24, 2.45) is 0 Å². The molecule has 4 aromatic rings. The van der Waals surface area contributed by atoms with Crippen LogP contribution in [0.5, 0.6) is 0 Å². The molecule has 3 heterocycles. The van der Waals surface area contributed by atoms with Gasteiger partial charge in [0.25, 0.3) is 5.91 Å². The van der Waals surface area contributed by atoms with E-state index in [4.69, 9.17) is 8.83 Å². The van der Waals surface area contributed by atoms with E-state index in [1.54, 1.807) is 24.3 Å². The van der Waals surface area contributed by atoms with Crippen molar-refractivity contribution < 1.29 is 18.0 Å². The number of benzene rings is 1. The Morgan fingerprint density at radius 2 is 1.85 bits per heavy atom. The molecule has 1 saturated carbocycles. The third-order valence-electron chi connectivity index (χ3n) is 6.16. The van der Waals surface area contributed by atoms with Gasteiger partial charge in [0.15, 0.2) is 11.5 Å². The fourth-order valence-electron chi connectivity index (χ4n) is 4.48. The van der Waals surface area contributed by atoms with Crippen molar-refractivity contribution in [3.05, 3.63) is 78.0 Å². The molecule has 1 amide bonds. The molecule has 33 heavy (non-hydrogen) atoms. The Balaban J connectivity index is 1.45. The van der Waals surface area contributed by atoms with Gasteiger partial charge in [0.05, 0.1) is 18.6 Å². The smallest absolute Gasteiger partial charge is 0.287 e. The van der Waals surface area contributed by atoms with E-state index in [0.29, 0.717) is 23.3 Å². The number of rotatable bonds is 6. The molecule has 1 N–H and O–H groups in total. The van der Waals surface area contributed by atoms with E-state index in [-0.39, 0.29) is 24.0 Å². The molecule has 0 atom stereocenters. The molecule has 7 heteroatoms. The van der Waals surface area contributed by atoms with Gasteiger partial charge in [-0.2, -0.15) is 0 Å². The molecule has 1 aliphatic carbocycles. The quantitative estimate of drug-likeness (QED) is 0.377. The lowest BCUT2D eigenvalue weighted by Crippen LogP contribution is -2.21. The fraction of sp³-hybridized carbons (Fsp3) is 0.308. The highest BCUT2D eigenvalue weighted by atomic mass is 19.1. The number of aryl methyl sites for hydroxylation is 1. The number of hydrogen-bond donors (Lipinski definition) is 1. The Morgan fingerprint density at radius 3 is 2.58 bits per heavy atom. The van der Waals surface area contributed by atoms with Gasteiger partial charge in [-0.1, -0.05) is 19.3 Å². The average Bonchev–Trinajstić information content (AvgIpc) is 3.58. The summed E-state index contributed by atoms with van der Waals surface area (Å²) in [5.74, 6) is 1.65. The zero-order valence-corrected chi connectivity index (χ0v) is 18.5. The molecule has 5 rings (SSSR count). The van der Waals surface area contributed by atoms with Crippen LogP contribution in [0.15, 0.2) is 63.7 Å². The van der Waals surface area contributed by atoms with Crippen molar-refractivity contribution in [3.8, 4) is 22.7 Å². The van der Waals surface area contributed by atoms with Gasteiger partial charge >= 0.3 is 0 Å². The van der Waals surface area contributed by atoms with E-state index in [1.807, 2.05) is 25.4 Å². The van der Waals surface area contributed by atoms with Crippen molar-refractivity contribution in [1.82, 2.24) is 14.9 Å². The van der Waals surface area contributed by atoms with Crippen LogP contribution in [0, 0.1) is 12.7 Å². The molecule has 170 valence electrons. The largest absolute Gasteiger partial charge is 0.465 e. The molecular weight excluding hydrogens is 421 g/mol. The SMILES string of the molecule is Cc1ccc(CNC(=O)c2ccc(-c3c(-c4ccc(F)cc4)ncn3C3CCCCC3)o2)o1. The number of imidazole rings is 1. The first-order valence-corrected chi connectivity index (χ1v) is 11.3. The standard InChI is InChI=1S/C26H26FN3O3/c1-17-7-12-21(32-17)15-28-26(31)23-14-13-22(33-23)25-24(18-8-10-19(27)11-9-18)29-16-30(25)20-5-3-2-4-6-20/h7-14,16,20H,2-6,15H2,1H3,(H,28,31). The minimum Gasteiger partial charge on any atom is -0.465 e. The van der Waals surface area contributed by atoms with Crippen LogP contribution in [0.3, 0.4) is 0 Å². The average molecular weight is 448 g/mol. The zero-order valence-electron chi connectivity index (χ0n) is 18.5. The number of furan rings is 2. The number of nitrogens with one attached hydrogen (secondary N) is 1. The second-order valence-electron chi connectivity index (χ2n) is 8.51. The summed E-state index contributed by atoms with van der Waals surface area (Å²) in [5.41, 5.74) is 2.33. The first kappa shape index (κ1) is 21.2. The molecular formula is C26H26FN3O3. The molecule has 0 aliphatic heterocycles. The Hall–Kier alpha value is -3.61. The van der Waals surface area contributed by atoms with Gasteiger partial charge in [0.1, 0.15) is 23.0 Å². The topological polar surface area (TPSA) is 73.2 Å². The van der Waals surface area contributed by atoms with Gasteiger partial charge in [-0.15, -0.1) is 0 Å². The lowest BCUT2D eigenvalue weighted by molar-refractivity contribution is 0.0921. The molecule has 0 bridgehead atoms. The van der Waals surface area contributed by atoms with Crippen LogP contribution in [0.4, 0.5) is 4.39 Å². The first-order valence-electron chi connectivity index (χ1n) is 11.3. The lowest BCUT2D eigenvalue weighted by Gasteiger charge is -2.24. The number of aromatic nitrogens is 2. The Bertz CT molecular complexity index is 1250. The van der Waals surface area contributed by atoms with Crippen LogP contribution < -0.4 is 5.32 Å². The Morgan fingerprint density at radius 1 is 1.06 bits per heavy atom. The van der Waals surface area contributed by atoms with E-state index < -0.39 is 0 Å². The molecule has 0 radical (unpaired) electrons. The van der Waals surface area contributed by atoms with Crippen molar-refractivity contribution >= 4 is 5.91 Å². The number of halogens is 1. The van der Waals surface area contributed by atoms with Crippen molar-refractivity contribution in [3.63, 3.8) is 0 Å². The van der Waals surface area contributed by atoms with Crippen molar-refractivity contribution in [2.45, 2.75) is 51.6 Å². The Labute approximate surface area is 191 Å². The molecule has 0 spiro atoms. The van der Waals surface area contributed by atoms with Gasteiger partial charge < -0.3 is 18.7 Å². The maximum absolute atomic E-state index is 13.5. The van der Waals surface area contributed by atoms with Gasteiger partial charge in [0.2, 0.25) is 0 Å². The lowest BCUT2D eigenvalue weighted by atomic mass is 9.95. The summed E-state index contributed by atoms with van der Waals surface area (Å²) in [6, 6.07) is 13.8. The van der Waals surface area contributed by atoms with Gasteiger partial charge in [-0.25, -0.2) is 9.37 Å². The van der Waals surface area contributed by atoms with Crippen LogP contribution in [0.1, 0.15) is 60.2 Å². The number of hydrogen-bond acceptors (Lipinski definition) is 4. The molecule has 0 unspecified atom stereocenters. The minimum atomic E-state index is -0.317. The highest BCUT2D eigenvalue weighted by Crippen LogP contribution is 2.38. The monoisotopic (exact) mass is 447 g/mol. The molecule has 1 aliphatic rings. The van der Waals surface area contributed by atoms with Crippen LogP contribution in [-0.4, -0.2) is 15.5 Å². The summed E-state index contributed by atoms with van der Waals surface area (Å²) in [5, 5.41) is 2.83. The molecule has 6 nitrogen and oxygen atoms in total. The van der Waals surface area contributed by atoms with E-state index in [1.165, 1.54) is 31.4 Å². The number of carbonyl (C=O) groups is 1. The van der Waals surface area contributed by atoms with Crippen LogP contribution in [0.2, 0.25) is 0 Å². The number of carbonyl (C=O) groups excluding carboxylic acids is 1. The second-order valence-corrected chi connectivity index (χ2v) is 8.51. The van der Waals surface area contributed by atoms with E-state index in [2.05, 4.69) is 14.9 Å². The highest BCUT2D eigenvalue weighted by Gasteiger charge is 2.25. The Kier molecular flexibility index (Phi) is 5.86. The third-order valence-corrected chi connectivity index (χ3v) is 6.16. The van der Waals surface area contributed by atoms with E-state index in [0.717, 1.165) is 29.9 Å². The normalized spacial score (nSPS) is 14.5. The van der Waals surface area contributed by atoms with E-state index >= 15 is 0 Å². The molecule has 3 aromatic heterocycles. The summed E-state index contributed by atoms with van der Waals surface area (Å²) >= 11 is 0. The van der Waals surface area contributed by atoms with Crippen molar-refractivity contribution in [1.29, 1.82) is 0 Å². The summed E-state index contributed by atoms with van der Waals surface area (Å²) in [6.45, 7) is 2.14. The van der Waals surface area contributed by atoms with Crippen LogP contribution in [0.25, 0.3) is 22.7 Å². The third kappa shape index (κ3) is 4.49. The first-order chi connectivity index (χ1) is 16.1. The molecule has 1 aromatic carbocycles. The summed E-state index contributed by atoms with van der Waals surface area (Å²) in [4.78, 5) is 17.3. The number of nitrogens with zero attached hydrogens (tertiary/aromatic N) is 2. The summed E-state index contributed by atoms with van der Waals surface area (Å²) in [7, 11) is 0. The molecule has 0 saturated heterocycles.